The van der Waals surface area contributed by atoms with E-state index in [0.29, 0.717) is 6.42 Å². The molecule has 18 heavy (non-hydrogen) atoms. The molecular weight excluding hydrogens is 228 g/mol. The second-order valence-corrected chi connectivity index (χ2v) is 4.23. The average molecular weight is 244 g/mol. The number of aromatic nitrogens is 2. The van der Waals surface area contributed by atoms with Crippen molar-refractivity contribution in [2.75, 3.05) is 0 Å². The van der Waals surface area contributed by atoms with E-state index < -0.39 is 5.97 Å². The monoisotopic (exact) mass is 244 g/mol. The number of hydrogen-bond acceptors (Lipinski definition) is 2. The van der Waals surface area contributed by atoms with Gasteiger partial charge >= 0.3 is 5.97 Å². The smallest absolute Gasteiger partial charge is 0.303 e. The largest absolute Gasteiger partial charge is 0.481 e. The van der Waals surface area contributed by atoms with Crippen molar-refractivity contribution in [2.24, 2.45) is 0 Å². The van der Waals surface area contributed by atoms with E-state index in [0.717, 1.165) is 24.4 Å². The van der Waals surface area contributed by atoms with Gasteiger partial charge in [-0.05, 0) is 18.4 Å². The highest BCUT2D eigenvalue weighted by atomic mass is 16.4. The Kier molecular flexibility index (Phi) is 4.12. The quantitative estimate of drug-likeness (QED) is 0.818. The summed E-state index contributed by atoms with van der Waals surface area (Å²) in [7, 11) is 0. The number of carboxylic acids is 1. The van der Waals surface area contributed by atoms with Gasteiger partial charge in [-0.2, -0.15) is 0 Å². The number of rotatable bonds is 6. The lowest BCUT2D eigenvalue weighted by Crippen LogP contribution is -1.98. The maximum Gasteiger partial charge on any atom is 0.303 e. The van der Waals surface area contributed by atoms with Crippen molar-refractivity contribution in [2.45, 2.75) is 25.7 Å². The topological polar surface area (TPSA) is 66.0 Å². The Bertz CT molecular complexity index is 506. The molecule has 0 saturated heterocycles. The standard InChI is InChI=1S/C14H16N2O2/c17-14(18)9-7-12-10-15-13(16-12)8-6-11-4-2-1-3-5-11/h1-5,10H,6-9H2,(H,15,16)(H,17,18). The molecular formula is C14H16N2O2. The zero-order valence-corrected chi connectivity index (χ0v) is 10.1. The molecule has 0 amide bonds. The second kappa shape index (κ2) is 6.00. The van der Waals surface area contributed by atoms with Gasteiger partial charge in [0.2, 0.25) is 0 Å². The molecule has 4 heteroatoms. The van der Waals surface area contributed by atoms with E-state index in [-0.39, 0.29) is 6.42 Å². The number of aryl methyl sites for hydroxylation is 3. The third kappa shape index (κ3) is 3.73. The summed E-state index contributed by atoms with van der Waals surface area (Å²) >= 11 is 0. The van der Waals surface area contributed by atoms with E-state index in [2.05, 4.69) is 22.1 Å². The van der Waals surface area contributed by atoms with Gasteiger partial charge in [-0.1, -0.05) is 30.3 Å². The number of aliphatic carboxylic acids is 1. The van der Waals surface area contributed by atoms with Gasteiger partial charge in [-0.25, -0.2) is 4.98 Å². The zero-order chi connectivity index (χ0) is 12.8. The van der Waals surface area contributed by atoms with Crippen LogP contribution >= 0.6 is 0 Å². The van der Waals surface area contributed by atoms with Crippen molar-refractivity contribution in [3.8, 4) is 0 Å². The minimum Gasteiger partial charge on any atom is -0.481 e. The molecule has 2 rings (SSSR count). The van der Waals surface area contributed by atoms with Crippen LogP contribution in [-0.2, 0) is 24.1 Å². The summed E-state index contributed by atoms with van der Waals surface area (Å²) in [6, 6.07) is 10.2. The van der Waals surface area contributed by atoms with Crippen LogP contribution in [0.4, 0.5) is 0 Å². The number of hydrogen-bond donors (Lipinski definition) is 2. The third-order valence-corrected chi connectivity index (χ3v) is 2.78. The van der Waals surface area contributed by atoms with E-state index in [4.69, 9.17) is 5.11 Å². The number of nitrogens with zero attached hydrogens (tertiary/aromatic N) is 1. The van der Waals surface area contributed by atoms with Crippen molar-refractivity contribution < 1.29 is 9.90 Å². The van der Waals surface area contributed by atoms with Gasteiger partial charge in [0.15, 0.2) is 0 Å². The molecule has 0 atom stereocenters. The SMILES string of the molecule is O=C(O)CCc1cnc(CCc2ccccc2)[nH]1. The Morgan fingerprint density at radius 2 is 1.94 bits per heavy atom. The van der Waals surface area contributed by atoms with Gasteiger partial charge in [0.25, 0.3) is 0 Å². The number of carboxylic acid groups (broad SMARTS) is 1. The summed E-state index contributed by atoms with van der Waals surface area (Å²) < 4.78 is 0. The molecule has 0 radical (unpaired) electrons. The molecule has 0 aliphatic carbocycles. The van der Waals surface area contributed by atoms with E-state index in [1.165, 1.54) is 5.56 Å². The van der Waals surface area contributed by atoms with Crippen LogP contribution in [0.5, 0.6) is 0 Å². The summed E-state index contributed by atoms with van der Waals surface area (Å²) in [6.45, 7) is 0. The predicted octanol–water partition coefficient (Wildman–Crippen LogP) is 2.21. The number of aromatic amines is 1. The Balaban J connectivity index is 1.85. The molecule has 4 nitrogen and oxygen atoms in total. The molecule has 0 saturated carbocycles. The highest BCUT2D eigenvalue weighted by molar-refractivity contribution is 5.66. The zero-order valence-electron chi connectivity index (χ0n) is 10.1. The van der Waals surface area contributed by atoms with Crippen LogP contribution in [0, 0.1) is 0 Å². The van der Waals surface area contributed by atoms with Gasteiger partial charge < -0.3 is 10.1 Å². The molecule has 0 bridgehead atoms. The van der Waals surface area contributed by atoms with Crippen molar-refractivity contribution in [1.82, 2.24) is 9.97 Å². The minimum absolute atomic E-state index is 0.139. The minimum atomic E-state index is -0.782. The highest BCUT2D eigenvalue weighted by Gasteiger charge is 2.03. The van der Waals surface area contributed by atoms with Crippen LogP contribution in [0.2, 0.25) is 0 Å². The molecule has 2 N–H and O–H groups in total. The molecule has 0 aliphatic rings. The first-order chi connectivity index (χ1) is 8.74. The fourth-order valence-electron chi connectivity index (χ4n) is 1.81. The molecule has 0 unspecified atom stereocenters. The first-order valence-corrected chi connectivity index (χ1v) is 6.02. The summed E-state index contributed by atoms with van der Waals surface area (Å²) in [5.74, 6) is 0.134. The van der Waals surface area contributed by atoms with Gasteiger partial charge in [0.1, 0.15) is 5.82 Å². The summed E-state index contributed by atoms with van der Waals surface area (Å²) in [5.41, 5.74) is 2.17. The second-order valence-electron chi connectivity index (χ2n) is 4.23. The normalized spacial score (nSPS) is 10.4. The highest BCUT2D eigenvalue weighted by Crippen LogP contribution is 2.06. The van der Waals surface area contributed by atoms with Crippen LogP contribution in [0.25, 0.3) is 0 Å². The first-order valence-electron chi connectivity index (χ1n) is 6.02. The van der Waals surface area contributed by atoms with E-state index in [1.54, 1.807) is 6.20 Å². The first kappa shape index (κ1) is 12.4. The molecule has 1 aromatic carbocycles. The molecule has 0 aliphatic heterocycles. The molecule has 94 valence electrons. The summed E-state index contributed by atoms with van der Waals surface area (Å²) in [5, 5.41) is 8.60. The van der Waals surface area contributed by atoms with Crippen LogP contribution in [0.15, 0.2) is 36.5 Å². The van der Waals surface area contributed by atoms with Gasteiger partial charge in [-0.15, -0.1) is 0 Å². The number of imidazole rings is 1. The molecule has 1 heterocycles. The van der Waals surface area contributed by atoms with Gasteiger partial charge in [-0.3, -0.25) is 4.79 Å². The number of H-pyrrole nitrogens is 1. The van der Waals surface area contributed by atoms with E-state index in [1.807, 2.05) is 18.2 Å². The van der Waals surface area contributed by atoms with Gasteiger partial charge in [0, 0.05) is 18.3 Å². The summed E-state index contributed by atoms with van der Waals surface area (Å²) in [4.78, 5) is 17.9. The van der Waals surface area contributed by atoms with Crippen LogP contribution < -0.4 is 0 Å². The van der Waals surface area contributed by atoms with E-state index >= 15 is 0 Å². The Hall–Kier alpha value is -2.10. The van der Waals surface area contributed by atoms with E-state index in [9.17, 15) is 4.79 Å². The lowest BCUT2D eigenvalue weighted by Gasteiger charge is -1.98. The Labute approximate surface area is 106 Å². The molecule has 1 aromatic heterocycles. The fraction of sp³-hybridized carbons (Fsp3) is 0.286. The van der Waals surface area contributed by atoms with Crippen LogP contribution in [0.3, 0.4) is 0 Å². The molecule has 2 aromatic rings. The van der Waals surface area contributed by atoms with Crippen molar-refractivity contribution in [3.63, 3.8) is 0 Å². The lowest BCUT2D eigenvalue weighted by molar-refractivity contribution is -0.136. The Morgan fingerprint density at radius 3 is 2.67 bits per heavy atom. The predicted molar refractivity (Wildman–Crippen MR) is 68.4 cm³/mol. The Morgan fingerprint density at radius 1 is 1.17 bits per heavy atom. The van der Waals surface area contributed by atoms with Crippen LogP contribution in [0.1, 0.15) is 23.5 Å². The number of carbonyl (C=O) groups is 1. The van der Waals surface area contributed by atoms with Gasteiger partial charge in [0.05, 0.1) is 6.42 Å². The average Bonchev–Trinajstić information content (AvgIpc) is 2.83. The third-order valence-electron chi connectivity index (χ3n) is 2.78. The summed E-state index contributed by atoms with van der Waals surface area (Å²) in [6.07, 6.45) is 4.15. The lowest BCUT2D eigenvalue weighted by atomic mass is 10.1. The fourth-order valence-corrected chi connectivity index (χ4v) is 1.81. The maximum atomic E-state index is 10.5. The number of benzene rings is 1. The van der Waals surface area contributed by atoms with Crippen molar-refractivity contribution >= 4 is 5.97 Å². The molecule has 0 spiro atoms. The molecule has 0 fully saturated rings. The number of nitrogens with one attached hydrogen (secondary N) is 1. The van der Waals surface area contributed by atoms with Crippen molar-refractivity contribution in [1.29, 1.82) is 0 Å². The van der Waals surface area contributed by atoms with Crippen LogP contribution in [-0.4, -0.2) is 21.0 Å². The maximum absolute atomic E-state index is 10.5. The van der Waals surface area contributed by atoms with Crippen molar-refractivity contribution in [3.05, 3.63) is 53.6 Å².